The number of hydrogen-bond donors (Lipinski definition) is 1. The summed E-state index contributed by atoms with van der Waals surface area (Å²) in [4.78, 5) is 38.4. The van der Waals surface area contributed by atoms with Crippen LogP contribution in [-0.2, 0) is 9.59 Å². The highest BCUT2D eigenvalue weighted by Gasteiger charge is 2.37. The number of hydrogen-bond acceptors (Lipinski definition) is 4. The Morgan fingerprint density at radius 3 is 2.39 bits per heavy atom. The van der Waals surface area contributed by atoms with Crippen LogP contribution in [0.15, 0.2) is 48.0 Å². The van der Waals surface area contributed by atoms with E-state index in [0.717, 1.165) is 4.90 Å². The van der Waals surface area contributed by atoms with Crippen LogP contribution in [0.25, 0.3) is 6.08 Å². The van der Waals surface area contributed by atoms with Gasteiger partial charge in [-0.2, -0.15) is 0 Å². The number of nitrogens with one attached hydrogen (secondary N) is 1. The van der Waals surface area contributed by atoms with Crippen LogP contribution >= 0.6 is 11.6 Å². The molecule has 3 rings (SSSR count). The van der Waals surface area contributed by atoms with Crippen molar-refractivity contribution in [2.45, 2.75) is 26.9 Å². The minimum atomic E-state index is -0.807. The molecule has 0 aliphatic carbocycles. The third kappa shape index (κ3) is 4.07. The van der Waals surface area contributed by atoms with E-state index in [0.29, 0.717) is 27.6 Å². The Kier molecular flexibility index (Phi) is 5.51. The fourth-order valence-electron chi connectivity index (χ4n) is 2.78. The summed E-state index contributed by atoms with van der Waals surface area (Å²) in [6, 6.07) is 11.0. The second kappa shape index (κ2) is 7.86. The predicted molar refractivity (Wildman–Crippen MR) is 107 cm³/mol. The van der Waals surface area contributed by atoms with Gasteiger partial charge in [0.1, 0.15) is 11.3 Å². The zero-order valence-corrected chi connectivity index (χ0v) is 16.4. The first-order valence-electron chi connectivity index (χ1n) is 8.70. The lowest BCUT2D eigenvalue weighted by Crippen LogP contribution is -2.54. The van der Waals surface area contributed by atoms with Gasteiger partial charge in [0, 0.05) is 5.02 Å². The Bertz CT molecular complexity index is 980. The lowest BCUT2D eigenvalue weighted by molar-refractivity contribution is -0.122. The molecule has 4 amide bonds. The molecule has 0 radical (unpaired) electrons. The Labute approximate surface area is 167 Å². The molecular weight excluding hydrogens is 380 g/mol. The maximum absolute atomic E-state index is 12.9. The van der Waals surface area contributed by atoms with Gasteiger partial charge in [-0.15, -0.1) is 0 Å². The Balaban J connectivity index is 1.95. The SMILES string of the molecule is Cc1ccc(Cl)cc1N1C(=O)NC(=O)/C(=C\c2ccc(OC(C)C)cc2)C1=O. The van der Waals surface area contributed by atoms with Crippen LogP contribution in [0.3, 0.4) is 0 Å². The predicted octanol–water partition coefficient (Wildman–Crippen LogP) is 4.10. The summed E-state index contributed by atoms with van der Waals surface area (Å²) in [7, 11) is 0. The molecule has 0 spiro atoms. The monoisotopic (exact) mass is 398 g/mol. The first-order valence-corrected chi connectivity index (χ1v) is 9.08. The average Bonchev–Trinajstić information content (AvgIpc) is 2.62. The van der Waals surface area contributed by atoms with Crippen molar-refractivity contribution in [3.05, 3.63) is 64.2 Å². The Morgan fingerprint density at radius 1 is 1.07 bits per heavy atom. The van der Waals surface area contributed by atoms with E-state index in [4.69, 9.17) is 16.3 Å². The van der Waals surface area contributed by atoms with Crippen molar-refractivity contribution in [3.8, 4) is 5.75 Å². The molecule has 1 N–H and O–H groups in total. The van der Waals surface area contributed by atoms with Crippen LogP contribution in [-0.4, -0.2) is 23.9 Å². The largest absolute Gasteiger partial charge is 0.491 e. The molecule has 7 heteroatoms. The van der Waals surface area contributed by atoms with Gasteiger partial charge in [-0.1, -0.05) is 29.8 Å². The molecular formula is C21H19ClN2O4. The molecule has 0 atom stereocenters. The molecule has 1 aliphatic heterocycles. The van der Waals surface area contributed by atoms with Crippen molar-refractivity contribution in [2.24, 2.45) is 0 Å². The maximum atomic E-state index is 12.9. The van der Waals surface area contributed by atoms with Gasteiger partial charge in [0.25, 0.3) is 11.8 Å². The molecule has 1 saturated heterocycles. The van der Waals surface area contributed by atoms with Crippen LogP contribution in [0.1, 0.15) is 25.0 Å². The number of urea groups is 1. The summed E-state index contributed by atoms with van der Waals surface area (Å²) in [5.74, 6) is -0.766. The van der Waals surface area contributed by atoms with E-state index in [9.17, 15) is 14.4 Å². The Morgan fingerprint density at radius 2 is 1.75 bits per heavy atom. The molecule has 0 unspecified atom stereocenters. The number of benzene rings is 2. The van der Waals surface area contributed by atoms with Crippen molar-refractivity contribution in [2.75, 3.05) is 4.90 Å². The summed E-state index contributed by atoms with van der Waals surface area (Å²) >= 11 is 6.01. The number of carbonyl (C=O) groups is 3. The highest BCUT2D eigenvalue weighted by atomic mass is 35.5. The molecule has 0 bridgehead atoms. The summed E-state index contributed by atoms with van der Waals surface area (Å²) in [6.07, 6.45) is 1.48. The number of anilines is 1. The smallest absolute Gasteiger partial charge is 0.335 e. The fourth-order valence-corrected chi connectivity index (χ4v) is 2.95. The summed E-state index contributed by atoms with van der Waals surface area (Å²) < 4.78 is 5.58. The van der Waals surface area contributed by atoms with Gasteiger partial charge in [-0.3, -0.25) is 14.9 Å². The number of imide groups is 2. The number of rotatable bonds is 4. The van der Waals surface area contributed by atoms with Gasteiger partial charge in [0.05, 0.1) is 11.8 Å². The minimum Gasteiger partial charge on any atom is -0.491 e. The third-order valence-corrected chi connectivity index (χ3v) is 4.31. The Hall–Kier alpha value is -3.12. The highest BCUT2D eigenvalue weighted by Crippen LogP contribution is 2.28. The minimum absolute atomic E-state index is 0.0374. The average molecular weight is 399 g/mol. The molecule has 2 aromatic rings. The van der Waals surface area contributed by atoms with E-state index in [1.54, 1.807) is 43.3 Å². The standard InChI is InChI=1S/C21H19ClN2O4/c1-12(2)28-16-8-5-14(6-9-16)10-17-19(25)23-21(27)24(20(17)26)18-11-15(22)7-4-13(18)3/h4-12H,1-3H3,(H,23,25,27)/b17-10+. The van der Waals surface area contributed by atoms with E-state index in [2.05, 4.69) is 5.32 Å². The van der Waals surface area contributed by atoms with Crippen LogP contribution in [0.4, 0.5) is 10.5 Å². The number of ether oxygens (including phenoxy) is 1. The number of nitrogens with zero attached hydrogens (tertiary/aromatic N) is 1. The molecule has 2 aromatic carbocycles. The van der Waals surface area contributed by atoms with Crippen molar-refractivity contribution < 1.29 is 19.1 Å². The summed E-state index contributed by atoms with van der Waals surface area (Å²) in [5.41, 5.74) is 1.49. The van der Waals surface area contributed by atoms with Gasteiger partial charge in [0.15, 0.2) is 0 Å². The zero-order chi connectivity index (χ0) is 20.4. The van der Waals surface area contributed by atoms with E-state index in [1.807, 2.05) is 13.8 Å². The normalized spacial score (nSPS) is 16.0. The van der Waals surface area contributed by atoms with Crippen molar-refractivity contribution in [1.29, 1.82) is 0 Å². The second-order valence-corrected chi connectivity index (χ2v) is 7.06. The van der Waals surface area contributed by atoms with Crippen molar-refractivity contribution in [3.63, 3.8) is 0 Å². The highest BCUT2D eigenvalue weighted by molar-refractivity contribution is 6.39. The quantitative estimate of drug-likeness (QED) is 0.621. The molecule has 28 heavy (non-hydrogen) atoms. The van der Waals surface area contributed by atoms with Crippen molar-refractivity contribution >= 4 is 41.2 Å². The zero-order valence-electron chi connectivity index (χ0n) is 15.7. The van der Waals surface area contributed by atoms with E-state index >= 15 is 0 Å². The summed E-state index contributed by atoms with van der Waals surface area (Å²) in [6.45, 7) is 5.59. The van der Waals surface area contributed by atoms with Gasteiger partial charge in [-0.05, 0) is 62.2 Å². The van der Waals surface area contributed by atoms with E-state index in [1.165, 1.54) is 12.1 Å². The van der Waals surface area contributed by atoms with E-state index < -0.39 is 17.8 Å². The third-order valence-electron chi connectivity index (χ3n) is 4.08. The first-order chi connectivity index (χ1) is 13.3. The number of carbonyl (C=O) groups excluding carboxylic acids is 3. The molecule has 1 aliphatic rings. The molecule has 1 heterocycles. The summed E-state index contributed by atoms with van der Waals surface area (Å²) in [5, 5.41) is 2.58. The molecule has 0 saturated carbocycles. The second-order valence-electron chi connectivity index (χ2n) is 6.62. The molecule has 144 valence electrons. The molecule has 0 aromatic heterocycles. The van der Waals surface area contributed by atoms with Gasteiger partial charge < -0.3 is 4.74 Å². The number of halogens is 1. The van der Waals surface area contributed by atoms with E-state index in [-0.39, 0.29) is 11.7 Å². The van der Waals surface area contributed by atoms with Crippen LogP contribution in [0, 0.1) is 6.92 Å². The molecule has 6 nitrogen and oxygen atoms in total. The first kappa shape index (κ1) is 19.6. The van der Waals surface area contributed by atoms with Crippen LogP contribution < -0.4 is 15.0 Å². The van der Waals surface area contributed by atoms with Gasteiger partial charge in [0.2, 0.25) is 0 Å². The lowest BCUT2D eigenvalue weighted by atomic mass is 10.1. The number of barbiturate groups is 1. The van der Waals surface area contributed by atoms with Crippen LogP contribution in [0.2, 0.25) is 5.02 Å². The van der Waals surface area contributed by atoms with Crippen LogP contribution in [0.5, 0.6) is 5.75 Å². The fraction of sp³-hybridized carbons (Fsp3) is 0.190. The maximum Gasteiger partial charge on any atom is 0.335 e. The topological polar surface area (TPSA) is 75.7 Å². The van der Waals surface area contributed by atoms with Gasteiger partial charge >= 0.3 is 6.03 Å². The van der Waals surface area contributed by atoms with Gasteiger partial charge in [-0.25, -0.2) is 9.69 Å². The lowest BCUT2D eigenvalue weighted by Gasteiger charge is -2.27. The van der Waals surface area contributed by atoms with Crippen molar-refractivity contribution in [1.82, 2.24) is 5.32 Å². The number of aryl methyl sites for hydroxylation is 1. The molecule has 1 fully saturated rings. The number of amides is 4.